The molecule has 0 bridgehead atoms. The van der Waals surface area contributed by atoms with E-state index in [4.69, 9.17) is 19.6 Å². The lowest BCUT2D eigenvalue weighted by atomic mass is 10.1. The van der Waals surface area contributed by atoms with Gasteiger partial charge in [0.1, 0.15) is 0 Å². The molecule has 0 radical (unpaired) electrons. The molecule has 0 aliphatic carbocycles. The molecule has 0 amide bonds. The summed E-state index contributed by atoms with van der Waals surface area (Å²) in [4.78, 5) is 36.2. The molecule has 0 aliphatic rings. The fourth-order valence-electron chi connectivity index (χ4n) is 1.56. The van der Waals surface area contributed by atoms with Crippen LogP contribution in [0.1, 0.15) is 26.3 Å². The first-order chi connectivity index (χ1) is 10.7. The van der Waals surface area contributed by atoms with Gasteiger partial charge >= 0.3 is 24.1 Å². The Morgan fingerprint density at radius 2 is 1.43 bits per heavy atom. The molecular formula is C14H13N2O7+. The standard InChI is InChI=1S/C14H12N2O7/c1-7(17)21-12-4-10(11(20)6-16-15)5-13(22-8(2)18)14(12)23-9(3)19/h4-6H,1-3H3/p+1/b11-6+. The van der Waals surface area contributed by atoms with Gasteiger partial charge in [-0.3, -0.25) is 14.4 Å². The zero-order valence-electron chi connectivity index (χ0n) is 12.5. The fourth-order valence-corrected chi connectivity index (χ4v) is 1.56. The molecule has 23 heavy (non-hydrogen) atoms. The number of nitrogens with zero attached hydrogens (tertiary/aromatic N) is 2. The summed E-state index contributed by atoms with van der Waals surface area (Å²) in [5.74, 6) is -3.56. The lowest BCUT2D eigenvalue weighted by molar-refractivity contribution is -0.135. The summed E-state index contributed by atoms with van der Waals surface area (Å²) in [5, 5.41) is 18.2. The monoisotopic (exact) mass is 321 g/mol. The van der Waals surface area contributed by atoms with Crippen LogP contribution in [0.4, 0.5) is 0 Å². The molecule has 1 rings (SSSR count). The van der Waals surface area contributed by atoms with Gasteiger partial charge in [-0.2, -0.15) is 0 Å². The minimum Gasteiger partial charge on any atom is -0.501 e. The minimum absolute atomic E-state index is 0.00815. The van der Waals surface area contributed by atoms with Crippen LogP contribution < -0.4 is 14.2 Å². The predicted octanol–water partition coefficient (Wildman–Crippen LogP) is 2.17. The molecule has 0 aromatic heterocycles. The summed E-state index contributed by atoms with van der Waals surface area (Å²) in [5.41, 5.74) is -0.00815. The molecular weight excluding hydrogens is 308 g/mol. The smallest absolute Gasteiger partial charge is 0.392 e. The SMILES string of the molecule is CC(=O)Oc1cc(/C(O)=C\[N+]#N)cc(OC(C)=O)c1OC(C)=O. The molecule has 0 fully saturated rings. The normalized spacial score (nSPS) is 10.4. The van der Waals surface area contributed by atoms with Gasteiger partial charge in [0.2, 0.25) is 16.9 Å². The van der Waals surface area contributed by atoms with Gasteiger partial charge in [-0.15, -0.1) is 0 Å². The summed E-state index contributed by atoms with van der Waals surface area (Å²) in [7, 11) is 0. The van der Waals surface area contributed by atoms with Gasteiger partial charge in [0.05, 0.1) is 0 Å². The van der Waals surface area contributed by atoms with Crippen LogP contribution in [0.2, 0.25) is 0 Å². The van der Waals surface area contributed by atoms with Crippen LogP contribution in [0.15, 0.2) is 18.3 Å². The summed E-state index contributed by atoms with van der Waals surface area (Å²) < 4.78 is 14.7. The summed E-state index contributed by atoms with van der Waals surface area (Å²) in [6.07, 6.45) is 0.704. The molecule has 0 spiro atoms. The summed E-state index contributed by atoms with van der Waals surface area (Å²) >= 11 is 0. The third-order valence-electron chi connectivity index (χ3n) is 2.25. The number of diazo groups is 1. The second kappa shape index (κ2) is 7.56. The number of carbonyl (C=O) groups excluding carboxylic acids is 3. The number of benzene rings is 1. The molecule has 0 heterocycles. The molecule has 0 aliphatic heterocycles. The van der Waals surface area contributed by atoms with Gasteiger partial charge in [-0.05, 0) is 12.1 Å². The molecule has 0 saturated carbocycles. The van der Waals surface area contributed by atoms with Crippen molar-refractivity contribution in [3.05, 3.63) is 28.9 Å². The van der Waals surface area contributed by atoms with E-state index in [0.717, 1.165) is 32.9 Å². The predicted molar refractivity (Wildman–Crippen MR) is 76.1 cm³/mol. The largest absolute Gasteiger partial charge is 0.501 e. The highest BCUT2D eigenvalue weighted by molar-refractivity contribution is 5.79. The van der Waals surface area contributed by atoms with Gasteiger partial charge in [-0.1, -0.05) is 0 Å². The number of hydrogen-bond acceptors (Lipinski definition) is 8. The maximum Gasteiger partial charge on any atom is 0.392 e. The van der Waals surface area contributed by atoms with Crippen molar-refractivity contribution in [2.45, 2.75) is 20.8 Å². The molecule has 1 N–H and O–H groups in total. The van der Waals surface area contributed by atoms with Crippen LogP contribution in [0.25, 0.3) is 10.7 Å². The topological polar surface area (TPSA) is 127 Å². The highest BCUT2D eigenvalue weighted by Crippen LogP contribution is 2.40. The van der Waals surface area contributed by atoms with Crippen LogP contribution in [0.5, 0.6) is 17.2 Å². The Morgan fingerprint density at radius 1 is 1.00 bits per heavy atom. The van der Waals surface area contributed by atoms with Crippen molar-refractivity contribution in [2.24, 2.45) is 0 Å². The first kappa shape index (κ1) is 17.6. The third kappa shape index (κ3) is 5.13. The molecule has 0 unspecified atom stereocenters. The quantitative estimate of drug-likeness (QED) is 0.387. The zero-order valence-corrected chi connectivity index (χ0v) is 12.5. The van der Waals surface area contributed by atoms with Crippen molar-refractivity contribution in [1.82, 2.24) is 0 Å². The number of carbonyl (C=O) groups is 3. The first-order valence-electron chi connectivity index (χ1n) is 6.21. The van der Waals surface area contributed by atoms with Gasteiger partial charge < -0.3 is 19.3 Å². The molecule has 0 saturated heterocycles. The number of hydrogen-bond donors (Lipinski definition) is 1. The Labute approximate surface area is 130 Å². The highest BCUT2D eigenvalue weighted by atomic mass is 16.6. The van der Waals surface area contributed by atoms with E-state index in [9.17, 15) is 19.5 Å². The lowest BCUT2D eigenvalue weighted by Crippen LogP contribution is -2.11. The van der Waals surface area contributed by atoms with Crippen LogP contribution in [-0.2, 0) is 14.4 Å². The second-order valence-electron chi connectivity index (χ2n) is 4.21. The van der Waals surface area contributed by atoms with E-state index in [1.807, 2.05) is 0 Å². The van der Waals surface area contributed by atoms with E-state index in [2.05, 4.69) is 4.98 Å². The number of aliphatic hydroxyl groups excluding tert-OH is 1. The van der Waals surface area contributed by atoms with E-state index in [1.54, 1.807) is 0 Å². The Morgan fingerprint density at radius 3 is 1.78 bits per heavy atom. The fraction of sp³-hybridized carbons (Fsp3) is 0.214. The van der Waals surface area contributed by atoms with Crippen molar-refractivity contribution >= 4 is 23.7 Å². The van der Waals surface area contributed by atoms with Crippen LogP contribution in [0, 0.1) is 5.39 Å². The van der Waals surface area contributed by atoms with Crippen LogP contribution in [-0.4, -0.2) is 23.0 Å². The number of ether oxygens (including phenoxy) is 3. The number of esters is 3. The van der Waals surface area contributed by atoms with E-state index >= 15 is 0 Å². The van der Waals surface area contributed by atoms with Gasteiger partial charge in [0, 0.05) is 26.3 Å². The van der Waals surface area contributed by atoms with Crippen molar-refractivity contribution in [3.63, 3.8) is 0 Å². The molecule has 120 valence electrons. The molecule has 0 atom stereocenters. The first-order valence-corrected chi connectivity index (χ1v) is 6.21. The van der Waals surface area contributed by atoms with Crippen LogP contribution in [0.3, 0.4) is 0 Å². The minimum atomic E-state index is -0.746. The highest BCUT2D eigenvalue weighted by Gasteiger charge is 2.22. The maximum absolute atomic E-state index is 11.2. The molecule has 1 aromatic rings. The van der Waals surface area contributed by atoms with Gasteiger partial charge in [0.25, 0.3) is 0 Å². The lowest BCUT2D eigenvalue weighted by Gasteiger charge is -2.14. The maximum atomic E-state index is 11.2. The van der Waals surface area contributed by atoms with Gasteiger partial charge in [0.15, 0.2) is 16.5 Å². The van der Waals surface area contributed by atoms with Gasteiger partial charge in [-0.25, -0.2) is 0 Å². The average Bonchev–Trinajstić information content (AvgIpc) is 2.40. The number of rotatable bonds is 4. The Balaban J connectivity index is 3.59. The third-order valence-corrected chi connectivity index (χ3v) is 2.25. The Hall–Kier alpha value is -3.41. The van der Waals surface area contributed by atoms with Crippen molar-refractivity contribution in [2.75, 3.05) is 0 Å². The van der Waals surface area contributed by atoms with Crippen molar-refractivity contribution in [1.29, 1.82) is 5.39 Å². The van der Waals surface area contributed by atoms with E-state index in [-0.39, 0.29) is 22.8 Å². The van der Waals surface area contributed by atoms with Crippen LogP contribution >= 0.6 is 0 Å². The van der Waals surface area contributed by atoms with E-state index in [1.165, 1.54) is 0 Å². The van der Waals surface area contributed by atoms with Crippen molar-refractivity contribution in [3.8, 4) is 17.2 Å². The Kier molecular flexibility index (Phi) is 5.80. The average molecular weight is 321 g/mol. The molecule has 9 nitrogen and oxygen atoms in total. The summed E-state index contributed by atoms with van der Waals surface area (Å²) in [6, 6.07) is 2.29. The number of aliphatic hydroxyl groups is 1. The van der Waals surface area contributed by atoms with E-state index in [0.29, 0.717) is 6.20 Å². The van der Waals surface area contributed by atoms with Crippen molar-refractivity contribution < 1.29 is 33.7 Å². The second-order valence-corrected chi connectivity index (χ2v) is 4.21. The molecule has 1 aromatic carbocycles. The molecule has 9 heteroatoms. The zero-order chi connectivity index (χ0) is 17.6. The van der Waals surface area contributed by atoms with E-state index < -0.39 is 23.7 Å². The Bertz CT molecular complexity index is 694. The summed E-state index contributed by atoms with van der Waals surface area (Å²) in [6.45, 7) is 3.31.